The predicted octanol–water partition coefficient (Wildman–Crippen LogP) is 1.40. The minimum atomic E-state index is 0.421. The number of hydrogen-bond acceptors (Lipinski definition) is 4. The van der Waals surface area contributed by atoms with E-state index in [1.54, 1.807) is 7.11 Å². The smallest absolute Gasteiger partial charge is 0.132 e. The summed E-state index contributed by atoms with van der Waals surface area (Å²) in [4.78, 5) is 10.8. The second-order valence-electron chi connectivity index (χ2n) is 3.88. The standard InChI is InChI=1S/C11H17N3O/c1-9-12-6-3-11(13-9)14-7-4-10(15-2)5-8-14/h3,6,10H,4-5,7-8H2,1-2H3. The lowest BCUT2D eigenvalue weighted by molar-refractivity contribution is 0.0818. The fourth-order valence-electron chi connectivity index (χ4n) is 1.94. The van der Waals surface area contributed by atoms with Gasteiger partial charge in [0, 0.05) is 26.4 Å². The molecule has 4 heteroatoms. The molecule has 1 aliphatic heterocycles. The quantitative estimate of drug-likeness (QED) is 0.734. The Morgan fingerprint density at radius 3 is 2.73 bits per heavy atom. The number of piperidine rings is 1. The van der Waals surface area contributed by atoms with E-state index < -0.39 is 0 Å². The maximum absolute atomic E-state index is 5.34. The minimum absolute atomic E-state index is 0.421. The fraction of sp³-hybridized carbons (Fsp3) is 0.636. The van der Waals surface area contributed by atoms with Crippen LogP contribution in [0.5, 0.6) is 0 Å². The number of methoxy groups -OCH3 is 1. The summed E-state index contributed by atoms with van der Waals surface area (Å²) >= 11 is 0. The van der Waals surface area contributed by atoms with Crippen molar-refractivity contribution in [2.45, 2.75) is 25.9 Å². The summed E-state index contributed by atoms with van der Waals surface area (Å²) in [7, 11) is 1.79. The molecule has 0 atom stereocenters. The van der Waals surface area contributed by atoms with Gasteiger partial charge in [-0.2, -0.15) is 0 Å². The molecule has 1 fully saturated rings. The summed E-state index contributed by atoms with van der Waals surface area (Å²) in [6.07, 6.45) is 4.41. The number of aromatic nitrogens is 2. The zero-order chi connectivity index (χ0) is 10.7. The third-order valence-electron chi connectivity index (χ3n) is 2.86. The Bertz CT molecular complexity index is 321. The highest BCUT2D eigenvalue weighted by Gasteiger charge is 2.19. The third-order valence-corrected chi connectivity index (χ3v) is 2.86. The SMILES string of the molecule is COC1CCN(c2ccnc(C)n2)CC1. The van der Waals surface area contributed by atoms with E-state index in [2.05, 4.69) is 14.9 Å². The van der Waals surface area contributed by atoms with Crippen LogP contribution in [0.2, 0.25) is 0 Å². The topological polar surface area (TPSA) is 38.2 Å². The van der Waals surface area contributed by atoms with Crippen molar-refractivity contribution in [3.63, 3.8) is 0 Å². The average Bonchev–Trinajstić information content (AvgIpc) is 2.29. The van der Waals surface area contributed by atoms with Gasteiger partial charge in [-0.15, -0.1) is 0 Å². The van der Waals surface area contributed by atoms with Crippen LogP contribution in [0.25, 0.3) is 0 Å². The van der Waals surface area contributed by atoms with Gasteiger partial charge in [0.25, 0.3) is 0 Å². The Morgan fingerprint density at radius 1 is 1.40 bits per heavy atom. The summed E-state index contributed by atoms with van der Waals surface area (Å²) < 4.78 is 5.34. The number of aryl methyl sites for hydroxylation is 1. The summed E-state index contributed by atoms with van der Waals surface area (Å²) in [5, 5.41) is 0. The van der Waals surface area contributed by atoms with E-state index in [4.69, 9.17) is 4.74 Å². The molecule has 4 nitrogen and oxygen atoms in total. The molecule has 0 amide bonds. The molecule has 0 aromatic carbocycles. The maximum Gasteiger partial charge on any atom is 0.132 e. The van der Waals surface area contributed by atoms with Crippen molar-refractivity contribution in [2.24, 2.45) is 0 Å². The third kappa shape index (κ3) is 2.45. The number of ether oxygens (including phenoxy) is 1. The molecule has 2 rings (SSSR count). The molecular weight excluding hydrogens is 190 g/mol. The monoisotopic (exact) mass is 207 g/mol. The first kappa shape index (κ1) is 10.4. The molecule has 2 heterocycles. The van der Waals surface area contributed by atoms with Crippen molar-refractivity contribution in [1.29, 1.82) is 0 Å². The maximum atomic E-state index is 5.34. The first-order valence-corrected chi connectivity index (χ1v) is 5.37. The van der Waals surface area contributed by atoms with Gasteiger partial charge in [-0.3, -0.25) is 0 Å². The molecule has 1 saturated heterocycles. The van der Waals surface area contributed by atoms with Crippen molar-refractivity contribution >= 4 is 5.82 Å². The second kappa shape index (κ2) is 4.57. The fourth-order valence-corrected chi connectivity index (χ4v) is 1.94. The van der Waals surface area contributed by atoms with Gasteiger partial charge in [0.15, 0.2) is 0 Å². The zero-order valence-electron chi connectivity index (χ0n) is 9.31. The predicted molar refractivity (Wildman–Crippen MR) is 59.0 cm³/mol. The van der Waals surface area contributed by atoms with Crippen molar-refractivity contribution in [3.05, 3.63) is 18.1 Å². The minimum Gasteiger partial charge on any atom is -0.381 e. The Kier molecular flexibility index (Phi) is 3.16. The molecule has 15 heavy (non-hydrogen) atoms. The van der Waals surface area contributed by atoms with Crippen molar-refractivity contribution in [1.82, 2.24) is 9.97 Å². The highest BCUT2D eigenvalue weighted by Crippen LogP contribution is 2.18. The van der Waals surface area contributed by atoms with Gasteiger partial charge in [-0.25, -0.2) is 9.97 Å². The zero-order valence-corrected chi connectivity index (χ0v) is 9.31. The van der Waals surface area contributed by atoms with Crippen LogP contribution in [0.3, 0.4) is 0 Å². The van der Waals surface area contributed by atoms with Gasteiger partial charge in [0.2, 0.25) is 0 Å². The van der Waals surface area contributed by atoms with E-state index in [0.29, 0.717) is 6.10 Å². The number of rotatable bonds is 2. The molecule has 0 unspecified atom stereocenters. The van der Waals surface area contributed by atoms with E-state index >= 15 is 0 Å². The Morgan fingerprint density at radius 2 is 2.13 bits per heavy atom. The second-order valence-corrected chi connectivity index (χ2v) is 3.88. The molecule has 0 aliphatic carbocycles. The molecule has 0 spiro atoms. The molecule has 0 radical (unpaired) electrons. The van der Waals surface area contributed by atoms with Crippen LogP contribution in [-0.4, -0.2) is 36.3 Å². The Hall–Kier alpha value is -1.16. The van der Waals surface area contributed by atoms with Crippen molar-refractivity contribution in [3.8, 4) is 0 Å². The molecule has 1 aliphatic rings. The van der Waals surface area contributed by atoms with E-state index in [0.717, 1.165) is 37.6 Å². The molecule has 0 bridgehead atoms. The van der Waals surface area contributed by atoms with Crippen LogP contribution in [0.4, 0.5) is 5.82 Å². The highest BCUT2D eigenvalue weighted by molar-refractivity contribution is 5.37. The van der Waals surface area contributed by atoms with Gasteiger partial charge in [-0.1, -0.05) is 0 Å². The van der Waals surface area contributed by atoms with Crippen LogP contribution >= 0.6 is 0 Å². The average molecular weight is 207 g/mol. The van der Waals surface area contributed by atoms with Crippen LogP contribution in [-0.2, 0) is 4.74 Å². The van der Waals surface area contributed by atoms with Gasteiger partial charge < -0.3 is 9.64 Å². The Balaban J connectivity index is 2.01. The van der Waals surface area contributed by atoms with E-state index in [1.165, 1.54) is 0 Å². The molecule has 0 saturated carbocycles. The van der Waals surface area contributed by atoms with Crippen LogP contribution in [0, 0.1) is 6.92 Å². The first-order chi connectivity index (χ1) is 7.29. The molecule has 1 aromatic heterocycles. The van der Waals surface area contributed by atoms with Crippen LogP contribution in [0.1, 0.15) is 18.7 Å². The molecule has 0 N–H and O–H groups in total. The largest absolute Gasteiger partial charge is 0.381 e. The summed E-state index contributed by atoms with van der Waals surface area (Å²) in [6, 6.07) is 1.97. The molecular formula is C11H17N3O. The van der Waals surface area contributed by atoms with E-state index in [1.807, 2.05) is 19.2 Å². The van der Waals surface area contributed by atoms with Crippen LogP contribution < -0.4 is 4.90 Å². The highest BCUT2D eigenvalue weighted by atomic mass is 16.5. The van der Waals surface area contributed by atoms with Gasteiger partial charge >= 0.3 is 0 Å². The summed E-state index contributed by atoms with van der Waals surface area (Å²) in [6.45, 7) is 3.97. The summed E-state index contributed by atoms with van der Waals surface area (Å²) in [5.74, 6) is 1.87. The van der Waals surface area contributed by atoms with Crippen molar-refractivity contribution in [2.75, 3.05) is 25.1 Å². The van der Waals surface area contributed by atoms with E-state index in [-0.39, 0.29) is 0 Å². The number of hydrogen-bond donors (Lipinski definition) is 0. The van der Waals surface area contributed by atoms with Gasteiger partial charge in [0.1, 0.15) is 11.6 Å². The normalized spacial score (nSPS) is 18.1. The summed E-state index contributed by atoms with van der Waals surface area (Å²) in [5.41, 5.74) is 0. The lowest BCUT2D eigenvalue weighted by Gasteiger charge is -2.32. The van der Waals surface area contributed by atoms with Crippen molar-refractivity contribution < 1.29 is 4.74 Å². The van der Waals surface area contributed by atoms with Gasteiger partial charge in [0.05, 0.1) is 6.10 Å². The van der Waals surface area contributed by atoms with Crippen LogP contribution in [0.15, 0.2) is 12.3 Å². The number of nitrogens with zero attached hydrogens (tertiary/aromatic N) is 3. The lowest BCUT2D eigenvalue weighted by atomic mass is 10.1. The van der Waals surface area contributed by atoms with E-state index in [9.17, 15) is 0 Å². The first-order valence-electron chi connectivity index (χ1n) is 5.37. The molecule has 1 aromatic rings. The number of anilines is 1. The molecule has 82 valence electrons. The van der Waals surface area contributed by atoms with Gasteiger partial charge in [-0.05, 0) is 25.8 Å². The lowest BCUT2D eigenvalue weighted by Crippen LogP contribution is -2.37. The Labute approximate surface area is 90.3 Å².